The van der Waals surface area contributed by atoms with Gasteiger partial charge in [0.15, 0.2) is 5.82 Å². The molecule has 0 radical (unpaired) electrons. The van der Waals surface area contributed by atoms with Gasteiger partial charge in [-0.25, -0.2) is 14.8 Å². The SMILES string of the molecule is CC(C)OC(=O)c1ccc2c(c1)nc(N)c1nc(C(C)(C)C)n(CC(C)(C)O)c12. The first-order valence-electron chi connectivity index (χ1n) is 9.81. The Morgan fingerprint density at radius 1 is 1.21 bits per heavy atom. The fourth-order valence-corrected chi connectivity index (χ4v) is 3.43. The average Bonchev–Trinajstić information content (AvgIpc) is 2.92. The van der Waals surface area contributed by atoms with Crippen molar-refractivity contribution >= 4 is 33.7 Å². The summed E-state index contributed by atoms with van der Waals surface area (Å²) in [5, 5.41) is 11.3. The van der Waals surface area contributed by atoms with Crippen molar-refractivity contribution < 1.29 is 14.6 Å². The fraction of sp³-hybridized carbons (Fsp3) is 0.500. The monoisotopic (exact) mass is 398 g/mol. The molecule has 7 nitrogen and oxygen atoms in total. The zero-order chi connectivity index (χ0) is 21.7. The number of benzene rings is 1. The number of pyridine rings is 1. The maximum atomic E-state index is 12.3. The third-order valence-corrected chi connectivity index (χ3v) is 4.50. The van der Waals surface area contributed by atoms with Gasteiger partial charge in [-0.3, -0.25) is 0 Å². The lowest BCUT2D eigenvalue weighted by molar-refractivity contribution is 0.0378. The van der Waals surface area contributed by atoms with E-state index >= 15 is 0 Å². The van der Waals surface area contributed by atoms with Crippen molar-refractivity contribution in [2.24, 2.45) is 0 Å². The third kappa shape index (κ3) is 4.19. The predicted molar refractivity (Wildman–Crippen MR) is 115 cm³/mol. The Labute approximate surface area is 170 Å². The van der Waals surface area contributed by atoms with Gasteiger partial charge in [0.1, 0.15) is 11.3 Å². The normalized spacial score (nSPS) is 12.9. The van der Waals surface area contributed by atoms with Crippen LogP contribution in [0.5, 0.6) is 0 Å². The van der Waals surface area contributed by atoms with Crippen LogP contribution >= 0.6 is 0 Å². The molecule has 1 aromatic carbocycles. The number of rotatable bonds is 4. The highest BCUT2D eigenvalue weighted by Gasteiger charge is 2.28. The first kappa shape index (κ1) is 21.0. The summed E-state index contributed by atoms with van der Waals surface area (Å²) in [5.74, 6) is 0.712. The number of nitrogens with two attached hydrogens (primary N) is 1. The molecule has 0 atom stereocenters. The number of aliphatic hydroxyl groups is 1. The van der Waals surface area contributed by atoms with Gasteiger partial charge in [0, 0.05) is 10.8 Å². The number of carbonyl (C=O) groups excluding carboxylic acids is 1. The number of nitrogen functional groups attached to an aromatic ring is 1. The maximum Gasteiger partial charge on any atom is 0.338 e. The Morgan fingerprint density at radius 2 is 1.86 bits per heavy atom. The van der Waals surface area contributed by atoms with Gasteiger partial charge in [0.25, 0.3) is 0 Å². The number of hydrogen-bond donors (Lipinski definition) is 2. The minimum atomic E-state index is -0.945. The van der Waals surface area contributed by atoms with E-state index < -0.39 is 11.6 Å². The van der Waals surface area contributed by atoms with Crippen LogP contribution in [0.25, 0.3) is 21.9 Å². The summed E-state index contributed by atoms with van der Waals surface area (Å²) >= 11 is 0. The van der Waals surface area contributed by atoms with Crippen molar-refractivity contribution in [1.82, 2.24) is 14.5 Å². The Balaban J connectivity index is 2.32. The first-order chi connectivity index (χ1) is 13.3. The van der Waals surface area contributed by atoms with Crippen LogP contribution in [0.3, 0.4) is 0 Å². The molecule has 2 heterocycles. The molecule has 3 rings (SSSR count). The second-order valence-electron chi connectivity index (χ2n) is 9.46. The van der Waals surface area contributed by atoms with Crippen LogP contribution < -0.4 is 5.73 Å². The molecule has 0 saturated carbocycles. The van der Waals surface area contributed by atoms with Gasteiger partial charge in [-0.1, -0.05) is 20.8 Å². The maximum absolute atomic E-state index is 12.3. The van der Waals surface area contributed by atoms with Gasteiger partial charge in [-0.2, -0.15) is 0 Å². The molecule has 156 valence electrons. The van der Waals surface area contributed by atoms with E-state index in [-0.39, 0.29) is 11.5 Å². The molecule has 3 aromatic rings. The van der Waals surface area contributed by atoms with Crippen molar-refractivity contribution in [1.29, 1.82) is 0 Å². The Hall–Kier alpha value is -2.67. The second kappa shape index (κ2) is 6.99. The predicted octanol–water partition coefficient (Wildman–Crippen LogP) is 3.80. The summed E-state index contributed by atoms with van der Waals surface area (Å²) in [6.07, 6.45) is -0.207. The molecular formula is C22H30N4O3. The van der Waals surface area contributed by atoms with Crippen LogP contribution in [0, 0.1) is 0 Å². The number of hydrogen-bond acceptors (Lipinski definition) is 6. The summed E-state index contributed by atoms with van der Waals surface area (Å²) in [7, 11) is 0. The molecule has 0 aliphatic rings. The van der Waals surface area contributed by atoms with Crippen LogP contribution in [0.1, 0.15) is 64.6 Å². The second-order valence-corrected chi connectivity index (χ2v) is 9.46. The molecule has 0 bridgehead atoms. The van der Waals surface area contributed by atoms with Gasteiger partial charge in [-0.05, 0) is 45.9 Å². The van der Waals surface area contributed by atoms with E-state index in [1.54, 1.807) is 26.0 Å². The van der Waals surface area contributed by atoms with Gasteiger partial charge < -0.3 is 20.1 Å². The summed E-state index contributed by atoms with van der Waals surface area (Å²) in [4.78, 5) is 21.6. The lowest BCUT2D eigenvalue weighted by atomic mass is 9.95. The van der Waals surface area contributed by atoms with Crippen molar-refractivity contribution in [3.05, 3.63) is 29.6 Å². The summed E-state index contributed by atoms with van der Waals surface area (Å²) in [5.41, 5.74) is 7.46. The van der Waals surface area contributed by atoms with Crippen LogP contribution in [0.15, 0.2) is 18.2 Å². The van der Waals surface area contributed by atoms with E-state index in [9.17, 15) is 9.90 Å². The fourth-order valence-electron chi connectivity index (χ4n) is 3.43. The van der Waals surface area contributed by atoms with Crippen molar-refractivity contribution in [3.63, 3.8) is 0 Å². The highest BCUT2D eigenvalue weighted by atomic mass is 16.5. The third-order valence-electron chi connectivity index (χ3n) is 4.50. The van der Waals surface area contributed by atoms with E-state index in [1.807, 2.05) is 24.5 Å². The van der Waals surface area contributed by atoms with Gasteiger partial charge in [-0.15, -0.1) is 0 Å². The highest BCUT2D eigenvalue weighted by molar-refractivity contribution is 6.08. The quantitative estimate of drug-likeness (QED) is 0.648. The van der Waals surface area contributed by atoms with E-state index in [4.69, 9.17) is 15.5 Å². The molecule has 0 amide bonds. The minimum absolute atomic E-state index is 0.207. The van der Waals surface area contributed by atoms with E-state index in [2.05, 4.69) is 25.8 Å². The van der Waals surface area contributed by atoms with Crippen molar-refractivity contribution in [2.75, 3.05) is 5.73 Å². The number of anilines is 1. The Bertz CT molecular complexity index is 1090. The van der Waals surface area contributed by atoms with Gasteiger partial charge in [0.2, 0.25) is 0 Å². The zero-order valence-corrected chi connectivity index (χ0v) is 18.2. The molecule has 0 saturated heterocycles. The number of aromatic nitrogens is 3. The summed E-state index contributed by atoms with van der Waals surface area (Å²) in [6.45, 7) is 13.7. The van der Waals surface area contributed by atoms with Crippen LogP contribution in [-0.4, -0.2) is 37.3 Å². The number of nitrogens with zero attached hydrogens (tertiary/aromatic N) is 3. The van der Waals surface area contributed by atoms with Crippen LogP contribution in [0.4, 0.5) is 5.82 Å². The molecule has 7 heteroatoms. The summed E-state index contributed by atoms with van der Waals surface area (Å²) in [6, 6.07) is 5.26. The van der Waals surface area contributed by atoms with Crippen molar-refractivity contribution in [2.45, 2.75) is 72.1 Å². The smallest absolute Gasteiger partial charge is 0.338 e. The molecule has 3 N–H and O–H groups in total. The van der Waals surface area contributed by atoms with Crippen LogP contribution in [-0.2, 0) is 16.7 Å². The number of imidazole rings is 1. The molecule has 0 aliphatic carbocycles. The van der Waals surface area contributed by atoms with E-state index in [0.29, 0.717) is 29.0 Å². The van der Waals surface area contributed by atoms with Crippen molar-refractivity contribution in [3.8, 4) is 0 Å². The largest absolute Gasteiger partial charge is 0.459 e. The molecule has 29 heavy (non-hydrogen) atoms. The molecule has 0 fully saturated rings. The summed E-state index contributed by atoms with van der Waals surface area (Å²) < 4.78 is 7.31. The Morgan fingerprint density at radius 3 is 2.41 bits per heavy atom. The standard InChI is InChI=1S/C22H30N4O3/c1-12(2)29-19(27)13-8-9-14-15(10-13)24-18(23)16-17(14)26(11-22(6,7)28)20(25-16)21(3,4)5/h8-10,12,28H,11H2,1-7H3,(H2,23,24). The molecular weight excluding hydrogens is 368 g/mol. The topological polar surface area (TPSA) is 103 Å². The molecule has 2 aromatic heterocycles. The molecule has 0 aliphatic heterocycles. The lowest BCUT2D eigenvalue weighted by Gasteiger charge is -2.25. The lowest BCUT2D eigenvalue weighted by Crippen LogP contribution is -2.30. The van der Waals surface area contributed by atoms with Gasteiger partial charge in [0.05, 0.1) is 34.8 Å². The highest BCUT2D eigenvalue weighted by Crippen LogP contribution is 2.34. The number of fused-ring (bicyclic) bond motifs is 3. The number of carbonyl (C=O) groups is 1. The Kier molecular flexibility index (Phi) is 5.07. The number of ether oxygens (including phenoxy) is 1. The van der Waals surface area contributed by atoms with E-state index in [0.717, 1.165) is 16.7 Å². The first-order valence-corrected chi connectivity index (χ1v) is 9.81. The van der Waals surface area contributed by atoms with Crippen LogP contribution in [0.2, 0.25) is 0 Å². The van der Waals surface area contributed by atoms with E-state index in [1.165, 1.54) is 0 Å². The number of esters is 1. The van der Waals surface area contributed by atoms with Gasteiger partial charge >= 0.3 is 5.97 Å². The molecule has 0 unspecified atom stereocenters. The minimum Gasteiger partial charge on any atom is -0.459 e. The average molecular weight is 399 g/mol. The molecule has 0 spiro atoms. The zero-order valence-electron chi connectivity index (χ0n) is 18.2.